The molecule has 0 spiro atoms. The molecule has 11 aliphatic rings. The first-order valence-corrected chi connectivity index (χ1v) is 47.0. The minimum Gasteiger partial charge on any atom is -0.490 e. The van der Waals surface area contributed by atoms with Crippen molar-refractivity contribution in [1.82, 2.24) is 97.5 Å². The summed E-state index contributed by atoms with van der Waals surface area (Å²) in [7, 11) is 0. The zero-order valence-corrected chi connectivity index (χ0v) is 77.2. The smallest absolute Gasteiger partial charge is 0.166 e. The third-order valence-electron chi connectivity index (χ3n) is 27.3. The summed E-state index contributed by atoms with van der Waals surface area (Å²) < 4.78 is 110. The number of fused-ring (bicyclic) bond motifs is 19. The maximum absolute atomic E-state index is 14.0. The van der Waals surface area contributed by atoms with Gasteiger partial charge in [0.25, 0.3) is 0 Å². The standard InChI is InChI=1S/3C21H22FN5O.2C20H20FN5O.CH4/c1-13-17-11-15(22)3-4-19(17)28-16-5-8-26(9-6-16)14(2)18-12-23-27-10-7-20(24-13)25-21(18)27;2*1-13-17-10-15(22)5-6-19(17)28-16-4-3-8-26(12-16)14(2)18-11-23-27-9-7-20(24-13)25-21(18)27;2*1-12-16-9-14(21)3-4-18(16)27-15-5-7-25(11-15)13(2)17-10-22-26-8-6-19(23-12)24-20(17)26;/h3-4,7,10-13,16H,2,5-6,8-9H2,1H3,(H,24,25);2*5-7,9-11,13,16H,2-4,8,12H2,1H3,(H,24,25);2*3-4,6,8-10,12,15H,2,5,7,11H2,1H3,(H,23,24);1H4/t13-;13-,16+;13-,16-;12-,15+;12-,15-;/m11111./s1. The Balaban J connectivity index is 0.000000107. The average molecular weight is 1890 g/mol. The Morgan fingerprint density at radius 2 is 0.482 bits per heavy atom. The third kappa shape index (κ3) is 18.8. The van der Waals surface area contributed by atoms with Gasteiger partial charge in [-0.1, -0.05) is 40.3 Å². The summed E-state index contributed by atoms with van der Waals surface area (Å²) in [5.41, 5.74) is 16.8. The lowest BCUT2D eigenvalue weighted by molar-refractivity contribution is 0.119. The molecule has 20 bridgehead atoms. The van der Waals surface area contributed by atoms with Crippen LogP contribution in [0.25, 0.3) is 56.7 Å². The van der Waals surface area contributed by atoms with Crippen molar-refractivity contribution >= 4 is 85.8 Å². The molecule has 139 heavy (non-hydrogen) atoms. The van der Waals surface area contributed by atoms with Gasteiger partial charge in [0.05, 0.1) is 115 Å². The molecular weight excluding hydrogens is 1770 g/mol. The van der Waals surface area contributed by atoms with Crippen molar-refractivity contribution in [2.45, 2.75) is 154 Å². The van der Waals surface area contributed by atoms with Crippen molar-refractivity contribution in [2.24, 2.45) is 0 Å². The van der Waals surface area contributed by atoms with Crippen LogP contribution in [0.5, 0.6) is 28.7 Å². The molecule has 716 valence electrons. The predicted octanol–water partition coefficient (Wildman–Crippen LogP) is 19.2. The van der Waals surface area contributed by atoms with E-state index in [1.807, 2.05) is 115 Å². The summed E-state index contributed by atoms with van der Waals surface area (Å²) >= 11 is 0. The van der Waals surface area contributed by atoms with E-state index >= 15 is 0 Å². The van der Waals surface area contributed by atoms with Crippen LogP contribution in [0.2, 0.25) is 0 Å². The van der Waals surface area contributed by atoms with Gasteiger partial charge in [0, 0.05) is 152 Å². The van der Waals surface area contributed by atoms with Crippen molar-refractivity contribution in [1.29, 1.82) is 0 Å². The van der Waals surface area contributed by atoms with Gasteiger partial charge in [-0.2, -0.15) is 25.5 Å². The van der Waals surface area contributed by atoms with Crippen molar-refractivity contribution in [3.05, 3.63) is 301 Å². The highest BCUT2D eigenvalue weighted by Gasteiger charge is 2.36. The van der Waals surface area contributed by atoms with Gasteiger partial charge in [0.1, 0.15) is 117 Å². The summed E-state index contributed by atoms with van der Waals surface area (Å²) in [5, 5.41) is 38.8. The number of rotatable bonds is 0. The second-order valence-electron chi connectivity index (χ2n) is 36.6. The van der Waals surface area contributed by atoms with Crippen molar-refractivity contribution in [3.63, 3.8) is 0 Å². The van der Waals surface area contributed by atoms with Crippen LogP contribution in [0.3, 0.4) is 0 Å². The highest BCUT2D eigenvalue weighted by atomic mass is 19.1. The number of anilines is 5. The third-order valence-corrected chi connectivity index (χ3v) is 27.3. The lowest BCUT2D eigenvalue weighted by Gasteiger charge is -2.35. The lowest BCUT2D eigenvalue weighted by atomic mass is 10.0. The molecule has 21 heterocycles. The fourth-order valence-corrected chi connectivity index (χ4v) is 19.8. The first-order chi connectivity index (χ1) is 66.9. The summed E-state index contributed by atoms with van der Waals surface area (Å²) in [6, 6.07) is 32.0. The van der Waals surface area contributed by atoms with E-state index in [1.165, 1.54) is 54.6 Å². The number of nitrogens with zero attached hydrogens (tertiary/aromatic N) is 20. The minimum atomic E-state index is -0.279. The van der Waals surface area contributed by atoms with Gasteiger partial charge >= 0.3 is 0 Å². The van der Waals surface area contributed by atoms with Crippen molar-refractivity contribution < 1.29 is 45.6 Å². The SMILES string of the molecule is C.C=C1c2cnn3ccc(nc23)N[C@H](C)c2cc(F)ccc2OC2CCN1CC2.C=C1c2cnn3ccc(nc23)N[C@H](C)c2cc(F)ccc2O[C@@H]2CCCN1C2.C=C1c2cnn3ccc(nc23)N[C@H](C)c2cc(F)ccc2O[C@@H]2CCN1C2.C=C1c2cnn3ccc(nc23)N[C@H](C)c2cc(F)ccc2O[C@H]2CCCN1C2.C=C1c2cnn3ccc(nc23)N[C@H](C)c2cc(F)ccc2O[C@H]2CCN1C2. The second kappa shape index (κ2) is 38.3. The van der Waals surface area contributed by atoms with Crippen LogP contribution >= 0.6 is 0 Å². The lowest BCUT2D eigenvalue weighted by Crippen LogP contribution is -2.40. The first-order valence-electron chi connectivity index (χ1n) is 47.0. The van der Waals surface area contributed by atoms with Gasteiger partial charge in [-0.25, -0.2) is 69.4 Å². The Hall–Kier alpha value is -15.5. The molecule has 0 saturated carbocycles. The Morgan fingerprint density at radius 3 is 0.734 bits per heavy atom. The summed E-state index contributed by atoms with van der Waals surface area (Å²) in [6.45, 7) is 39.5. The maximum Gasteiger partial charge on any atom is 0.166 e. The van der Waals surface area contributed by atoms with Gasteiger partial charge in [-0.3, -0.25) is 0 Å². The second-order valence-corrected chi connectivity index (χ2v) is 36.6. The van der Waals surface area contributed by atoms with Crippen molar-refractivity contribution in [3.8, 4) is 28.7 Å². The Kier molecular flexibility index (Phi) is 25.1. The largest absolute Gasteiger partial charge is 0.490 e. The summed E-state index contributed by atoms with van der Waals surface area (Å²) in [6.07, 6.45) is 26.0. The molecule has 5 fully saturated rings. The highest BCUT2D eigenvalue weighted by molar-refractivity contribution is 5.79. The molecule has 0 aliphatic carbocycles. The zero-order valence-electron chi connectivity index (χ0n) is 77.2. The topological polar surface area (TPSA) is 273 Å². The molecule has 15 aromatic rings. The number of hydrogen-bond donors (Lipinski definition) is 5. The van der Waals surface area contributed by atoms with Crippen LogP contribution in [0, 0.1) is 29.1 Å². The molecule has 9 atom stereocenters. The summed E-state index contributed by atoms with van der Waals surface area (Å²) in [5.74, 6) is 5.65. The minimum absolute atomic E-state index is 0. The number of benzene rings is 5. The molecule has 0 unspecified atom stereocenters. The maximum atomic E-state index is 14.0. The Labute approximate surface area is 800 Å². The van der Waals surface area contributed by atoms with Crippen LogP contribution in [-0.4, -0.2) is 193 Å². The normalized spacial score (nSPS) is 21.7. The molecular formula is C104H110F5N25O5. The Morgan fingerprint density at radius 1 is 0.273 bits per heavy atom. The van der Waals surface area contributed by atoms with Crippen molar-refractivity contribution in [2.75, 3.05) is 92.0 Å². The summed E-state index contributed by atoms with van der Waals surface area (Å²) in [4.78, 5) is 34.8. The molecule has 0 amide bonds. The highest BCUT2D eigenvalue weighted by Crippen LogP contribution is 2.42. The fourth-order valence-electron chi connectivity index (χ4n) is 19.8. The van der Waals surface area contributed by atoms with Crippen LogP contribution in [-0.2, 0) is 0 Å². The predicted molar refractivity (Wildman–Crippen MR) is 526 cm³/mol. The van der Waals surface area contributed by atoms with E-state index in [0.29, 0.717) is 52.1 Å². The molecule has 0 radical (unpaired) electrons. The number of ether oxygens (including phenoxy) is 5. The van der Waals surface area contributed by atoms with E-state index in [0.717, 1.165) is 235 Å². The molecule has 10 aromatic heterocycles. The zero-order chi connectivity index (χ0) is 94.8. The number of nitrogens with one attached hydrogen (secondary N) is 5. The number of aromatic nitrogens is 15. The van der Waals surface area contributed by atoms with E-state index < -0.39 is 0 Å². The molecule has 35 heteroatoms. The molecule has 5 N–H and O–H groups in total. The molecule has 5 aromatic carbocycles. The van der Waals surface area contributed by atoms with Crippen LogP contribution in [0.1, 0.15) is 179 Å². The van der Waals surface area contributed by atoms with E-state index in [1.54, 1.807) is 71.4 Å². The monoisotopic (exact) mass is 1880 g/mol. The molecule has 26 rings (SSSR count). The van der Waals surface area contributed by atoms with Crippen LogP contribution in [0.4, 0.5) is 51.0 Å². The first kappa shape index (κ1) is 91.3. The van der Waals surface area contributed by atoms with Crippen LogP contribution < -0.4 is 50.3 Å². The number of piperidine rings is 3. The van der Waals surface area contributed by atoms with E-state index in [2.05, 4.69) is 109 Å². The quantitative estimate of drug-likeness (QED) is 0.0883. The Bertz CT molecular complexity index is 6890. The van der Waals surface area contributed by atoms with Gasteiger partial charge in [0.2, 0.25) is 0 Å². The van der Waals surface area contributed by atoms with Gasteiger partial charge in [-0.05, 0) is 182 Å². The molecule has 5 saturated heterocycles. The number of hydrogen-bond acceptors (Lipinski definition) is 25. The number of halogens is 5. The van der Waals surface area contributed by atoms with Gasteiger partial charge in [0.15, 0.2) is 28.2 Å². The molecule has 11 aliphatic heterocycles. The average Bonchev–Trinajstić information content (AvgIpc) is 2.29. The van der Waals surface area contributed by atoms with Gasteiger partial charge in [-0.15, -0.1) is 0 Å². The van der Waals surface area contributed by atoms with Crippen LogP contribution in [0.15, 0.2) is 216 Å². The molecule has 30 nitrogen and oxygen atoms in total. The van der Waals surface area contributed by atoms with E-state index in [9.17, 15) is 22.0 Å². The fraction of sp³-hybridized carbons (Fsp3) is 0.327. The van der Waals surface area contributed by atoms with Gasteiger partial charge < -0.3 is 74.8 Å². The van der Waals surface area contributed by atoms with E-state index in [-0.39, 0.29) is 97.2 Å². The van der Waals surface area contributed by atoms with E-state index in [4.69, 9.17) is 48.6 Å².